The highest BCUT2D eigenvalue weighted by molar-refractivity contribution is 5.83. The molecule has 0 unspecified atom stereocenters. The first kappa shape index (κ1) is 11.3. The van der Waals surface area contributed by atoms with Gasteiger partial charge in [0.05, 0.1) is 6.61 Å². The van der Waals surface area contributed by atoms with Crippen molar-refractivity contribution in [2.75, 3.05) is 6.61 Å². The SMILES string of the molecule is CCOC(=O)C=C1[C@H](C)CCC[C@H]1C. The van der Waals surface area contributed by atoms with Gasteiger partial charge in [-0.05, 0) is 31.6 Å². The Morgan fingerprint density at radius 1 is 1.43 bits per heavy atom. The lowest BCUT2D eigenvalue weighted by Gasteiger charge is -2.27. The molecule has 0 aromatic rings. The maximum Gasteiger partial charge on any atom is 0.330 e. The smallest absolute Gasteiger partial charge is 0.330 e. The van der Waals surface area contributed by atoms with Crippen molar-refractivity contribution in [2.24, 2.45) is 11.8 Å². The molecule has 0 N–H and O–H groups in total. The summed E-state index contributed by atoms with van der Waals surface area (Å²) < 4.78 is 4.93. The Morgan fingerprint density at radius 3 is 2.50 bits per heavy atom. The molecule has 1 aliphatic rings. The van der Waals surface area contributed by atoms with Crippen molar-refractivity contribution < 1.29 is 9.53 Å². The fourth-order valence-electron chi connectivity index (χ4n) is 2.15. The molecule has 0 radical (unpaired) electrons. The quantitative estimate of drug-likeness (QED) is 0.501. The summed E-state index contributed by atoms with van der Waals surface area (Å²) in [6, 6.07) is 0. The van der Waals surface area contributed by atoms with Crippen LogP contribution in [0.25, 0.3) is 0 Å². The predicted molar refractivity (Wildman–Crippen MR) is 56.9 cm³/mol. The summed E-state index contributed by atoms with van der Waals surface area (Å²) in [6.07, 6.45) is 5.39. The molecule has 1 saturated carbocycles. The van der Waals surface area contributed by atoms with E-state index >= 15 is 0 Å². The summed E-state index contributed by atoms with van der Waals surface area (Å²) in [5, 5.41) is 0. The van der Waals surface area contributed by atoms with Crippen molar-refractivity contribution in [3.05, 3.63) is 11.6 Å². The van der Waals surface area contributed by atoms with E-state index in [1.807, 2.05) is 6.92 Å². The monoisotopic (exact) mass is 196 g/mol. The van der Waals surface area contributed by atoms with Crippen molar-refractivity contribution in [1.82, 2.24) is 0 Å². The van der Waals surface area contributed by atoms with Crippen LogP contribution in [0.3, 0.4) is 0 Å². The zero-order valence-corrected chi connectivity index (χ0v) is 9.38. The predicted octanol–water partition coefficient (Wildman–Crippen LogP) is 2.93. The Balaban J connectivity index is 2.66. The summed E-state index contributed by atoms with van der Waals surface area (Å²) in [5.41, 5.74) is 1.27. The third-order valence-corrected chi connectivity index (χ3v) is 2.98. The zero-order valence-electron chi connectivity index (χ0n) is 9.38. The summed E-state index contributed by atoms with van der Waals surface area (Å²) in [6.45, 7) is 6.69. The van der Waals surface area contributed by atoms with Gasteiger partial charge >= 0.3 is 5.97 Å². The molecule has 1 aliphatic carbocycles. The van der Waals surface area contributed by atoms with E-state index in [1.165, 1.54) is 24.8 Å². The Morgan fingerprint density at radius 2 is 2.00 bits per heavy atom. The lowest BCUT2D eigenvalue weighted by molar-refractivity contribution is -0.137. The molecule has 2 atom stereocenters. The fourth-order valence-corrected chi connectivity index (χ4v) is 2.15. The summed E-state index contributed by atoms with van der Waals surface area (Å²) in [4.78, 5) is 11.3. The van der Waals surface area contributed by atoms with Gasteiger partial charge < -0.3 is 4.74 Å². The molecule has 80 valence electrons. The van der Waals surface area contributed by atoms with E-state index in [-0.39, 0.29) is 5.97 Å². The van der Waals surface area contributed by atoms with Gasteiger partial charge in [0.25, 0.3) is 0 Å². The standard InChI is InChI=1S/C12H20O2/c1-4-14-12(13)8-11-9(2)6-5-7-10(11)3/h8-10H,4-7H2,1-3H3/t9-,10-/m1/s1. The second-order valence-corrected chi connectivity index (χ2v) is 4.13. The molecule has 0 heterocycles. The van der Waals surface area contributed by atoms with Gasteiger partial charge in [0.2, 0.25) is 0 Å². The highest BCUT2D eigenvalue weighted by Gasteiger charge is 2.21. The molecule has 0 saturated heterocycles. The van der Waals surface area contributed by atoms with Gasteiger partial charge in [-0.3, -0.25) is 0 Å². The third kappa shape index (κ3) is 2.86. The minimum Gasteiger partial charge on any atom is -0.463 e. The average molecular weight is 196 g/mol. The minimum absolute atomic E-state index is 0.178. The van der Waals surface area contributed by atoms with Gasteiger partial charge in [-0.15, -0.1) is 0 Å². The first-order valence-corrected chi connectivity index (χ1v) is 5.53. The molecule has 14 heavy (non-hydrogen) atoms. The van der Waals surface area contributed by atoms with Gasteiger partial charge in [0.15, 0.2) is 0 Å². The van der Waals surface area contributed by atoms with E-state index in [2.05, 4.69) is 13.8 Å². The van der Waals surface area contributed by atoms with Crippen molar-refractivity contribution in [3.8, 4) is 0 Å². The molecular formula is C12H20O2. The number of carbonyl (C=O) groups excluding carboxylic acids is 1. The maximum absolute atomic E-state index is 11.3. The van der Waals surface area contributed by atoms with Crippen LogP contribution in [0.4, 0.5) is 0 Å². The van der Waals surface area contributed by atoms with E-state index < -0.39 is 0 Å². The lowest BCUT2D eigenvalue weighted by atomic mass is 9.78. The van der Waals surface area contributed by atoms with Gasteiger partial charge in [0, 0.05) is 6.08 Å². The number of hydrogen-bond donors (Lipinski definition) is 0. The van der Waals surface area contributed by atoms with E-state index in [1.54, 1.807) is 6.08 Å². The number of esters is 1. The minimum atomic E-state index is -0.178. The van der Waals surface area contributed by atoms with Crippen molar-refractivity contribution in [1.29, 1.82) is 0 Å². The number of carbonyl (C=O) groups is 1. The summed E-state index contributed by atoms with van der Waals surface area (Å²) in [7, 11) is 0. The van der Waals surface area contributed by atoms with E-state index in [0.717, 1.165) is 0 Å². The second-order valence-electron chi connectivity index (χ2n) is 4.13. The van der Waals surface area contributed by atoms with Crippen LogP contribution in [0, 0.1) is 11.8 Å². The first-order chi connectivity index (χ1) is 6.65. The van der Waals surface area contributed by atoms with Crippen LogP contribution < -0.4 is 0 Å². The Hall–Kier alpha value is -0.790. The molecule has 0 aromatic heterocycles. The highest BCUT2D eigenvalue weighted by Crippen LogP contribution is 2.33. The second kappa shape index (κ2) is 5.18. The molecule has 0 spiro atoms. The number of hydrogen-bond acceptors (Lipinski definition) is 2. The molecule has 0 amide bonds. The lowest BCUT2D eigenvalue weighted by Crippen LogP contribution is -2.16. The third-order valence-electron chi connectivity index (χ3n) is 2.98. The zero-order chi connectivity index (χ0) is 10.6. The molecule has 2 nitrogen and oxygen atoms in total. The van der Waals surface area contributed by atoms with Gasteiger partial charge in [0.1, 0.15) is 0 Å². The fraction of sp³-hybridized carbons (Fsp3) is 0.750. The van der Waals surface area contributed by atoms with Crippen molar-refractivity contribution in [3.63, 3.8) is 0 Å². The topological polar surface area (TPSA) is 26.3 Å². The van der Waals surface area contributed by atoms with E-state index in [9.17, 15) is 4.79 Å². The van der Waals surface area contributed by atoms with Crippen molar-refractivity contribution in [2.45, 2.75) is 40.0 Å². The Labute approximate surface area is 86.3 Å². The van der Waals surface area contributed by atoms with Crippen LogP contribution in [0.5, 0.6) is 0 Å². The Kier molecular flexibility index (Phi) is 4.18. The summed E-state index contributed by atoms with van der Waals surface area (Å²) >= 11 is 0. The summed E-state index contributed by atoms with van der Waals surface area (Å²) in [5.74, 6) is 0.911. The van der Waals surface area contributed by atoms with Gasteiger partial charge in [-0.25, -0.2) is 4.79 Å². The van der Waals surface area contributed by atoms with Crippen LogP contribution in [0.15, 0.2) is 11.6 Å². The molecular weight excluding hydrogens is 176 g/mol. The van der Waals surface area contributed by atoms with Gasteiger partial charge in [-0.2, -0.15) is 0 Å². The largest absolute Gasteiger partial charge is 0.463 e. The molecule has 1 rings (SSSR count). The first-order valence-electron chi connectivity index (χ1n) is 5.53. The van der Waals surface area contributed by atoms with E-state index in [4.69, 9.17) is 4.74 Å². The number of ether oxygens (including phenoxy) is 1. The Bertz CT molecular complexity index is 218. The normalized spacial score (nSPS) is 27.2. The van der Waals surface area contributed by atoms with Crippen LogP contribution in [-0.2, 0) is 9.53 Å². The van der Waals surface area contributed by atoms with Gasteiger partial charge in [-0.1, -0.05) is 25.8 Å². The number of allylic oxidation sites excluding steroid dienone is 1. The molecule has 0 bridgehead atoms. The highest BCUT2D eigenvalue weighted by atomic mass is 16.5. The molecule has 0 aromatic carbocycles. The molecule has 1 fully saturated rings. The van der Waals surface area contributed by atoms with Crippen LogP contribution >= 0.6 is 0 Å². The van der Waals surface area contributed by atoms with Crippen LogP contribution in [-0.4, -0.2) is 12.6 Å². The van der Waals surface area contributed by atoms with Crippen LogP contribution in [0.2, 0.25) is 0 Å². The van der Waals surface area contributed by atoms with Crippen molar-refractivity contribution >= 4 is 5.97 Å². The number of rotatable bonds is 2. The van der Waals surface area contributed by atoms with Crippen LogP contribution in [0.1, 0.15) is 40.0 Å². The molecule has 2 heteroatoms. The maximum atomic E-state index is 11.3. The average Bonchev–Trinajstić information content (AvgIpc) is 2.12. The molecule has 0 aliphatic heterocycles. The van der Waals surface area contributed by atoms with E-state index in [0.29, 0.717) is 18.4 Å².